The van der Waals surface area contributed by atoms with Crippen LogP contribution in [0.3, 0.4) is 0 Å². The molecule has 5 nitrogen and oxygen atoms in total. The van der Waals surface area contributed by atoms with Gasteiger partial charge in [-0.3, -0.25) is 0 Å². The maximum absolute atomic E-state index is 11.5. The van der Waals surface area contributed by atoms with E-state index in [1.807, 2.05) is 25.8 Å². The van der Waals surface area contributed by atoms with Gasteiger partial charge in [0.2, 0.25) is 0 Å². The molecule has 106 valence electrons. The first-order valence-corrected chi connectivity index (χ1v) is 7.09. The maximum atomic E-state index is 11.5. The van der Waals surface area contributed by atoms with Crippen LogP contribution < -0.4 is 4.90 Å². The van der Waals surface area contributed by atoms with Crippen molar-refractivity contribution >= 4 is 23.1 Å². The number of aryl methyl sites for hydroxylation is 3. The topological polar surface area (TPSA) is 66.3 Å². The number of anilines is 1. The number of pyridine rings is 1. The molecule has 2 aromatic heterocycles. The van der Waals surface area contributed by atoms with E-state index >= 15 is 0 Å². The van der Waals surface area contributed by atoms with Crippen molar-refractivity contribution in [3.8, 4) is 0 Å². The lowest BCUT2D eigenvalue weighted by molar-refractivity contribution is 0.0696. The minimum atomic E-state index is -0.946. The second kappa shape index (κ2) is 5.58. The summed E-state index contributed by atoms with van der Waals surface area (Å²) >= 11 is 1.57. The van der Waals surface area contributed by atoms with Crippen LogP contribution in [0.4, 0.5) is 5.82 Å². The molecule has 0 saturated heterocycles. The van der Waals surface area contributed by atoms with Gasteiger partial charge in [-0.1, -0.05) is 0 Å². The van der Waals surface area contributed by atoms with Crippen molar-refractivity contribution in [2.45, 2.75) is 27.3 Å². The summed E-state index contributed by atoms with van der Waals surface area (Å²) in [6.45, 7) is 6.22. The molecular formula is C14H17N3O2S. The van der Waals surface area contributed by atoms with Crippen molar-refractivity contribution < 1.29 is 9.90 Å². The molecule has 0 aliphatic heterocycles. The quantitative estimate of drug-likeness (QED) is 0.938. The molecule has 0 amide bonds. The fourth-order valence-corrected chi connectivity index (χ4v) is 2.96. The summed E-state index contributed by atoms with van der Waals surface area (Å²) in [6.07, 6.45) is 0. The smallest absolute Gasteiger partial charge is 0.339 e. The summed E-state index contributed by atoms with van der Waals surface area (Å²) in [7, 11) is 1.85. The number of hydrogen-bond donors (Lipinski definition) is 1. The zero-order valence-corrected chi connectivity index (χ0v) is 12.8. The highest BCUT2D eigenvalue weighted by Gasteiger charge is 2.19. The maximum Gasteiger partial charge on any atom is 0.339 e. The Morgan fingerprint density at radius 3 is 2.65 bits per heavy atom. The Morgan fingerprint density at radius 1 is 1.40 bits per heavy atom. The molecule has 0 unspecified atom stereocenters. The summed E-state index contributed by atoms with van der Waals surface area (Å²) in [6, 6.07) is 1.79. The van der Waals surface area contributed by atoms with Gasteiger partial charge in [0, 0.05) is 17.6 Å². The third kappa shape index (κ3) is 2.80. The fraction of sp³-hybridized carbons (Fsp3) is 0.357. The predicted molar refractivity (Wildman–Crippen MR) is 79.6 cm³/mol. The van der Waals surface area contributed by atoms with E-state index in [9.17, 15) is 9.90 Å². The van der Waals surface area contributed by atoms with Crippen LogP contribution in [0.1, 0.15) is 32.2 Å². The van der Waals surface area contributed by atoms with Gasteiger partial charge in [-0.05, 0) is 32.4 Å². The highest BCUT2D eigenvalue weighted by Crippen LogP contribution is 2.24. The van der Waals surface area contributed by atoms with Gasteiger partial charge in [0.05, 0.1) is 17.7 Å². The first-order chi connectivity index (χ1) is 9.40. The molecule has 0 spiro atoms. The molecule has 0 fully saturated rings. The van der Waals surface area contributed by atoms with Crippen LogP contribution >= 0.6 is 11.3 Å². The first-order valence-electron chi connectivity index (χ1n) is 6.21. The van der Waals surface area contributed by atoms with Gasteiger partial charge >= 0.3 is 5.97 Å². The van der Waals surface area contributed by atoms with Crippen molar-refractivity contribution in [1.29, 1.82) is 0 Å². The minimum Gasteiger partial charge on any atom is -0.478 e. The van der Waals surface area contributed by atoms with Crippen LogP contribution in [-0.2, 0) is 6.54 Å². The summed E-state index contributed by atoms with van der Waals surface area (Å²) < 4.78 is 0. The number of thiazole rings is 1. The average Bonchev–Trinajstić information content (AvgIpc) is 2.73. The van der Waals surface area contributed by atoms with E-state index in [1.54, 1.807) is 29.8 Å². The zero-order valence-electron chi connectivity index (χ0n) is 12.0. The lowest BCUT2D eigenvalue weighted by atomic mass is 10.1. The number of carboxylic acid groups (broad SMARTS) is 1. The highest BCUT2D eigenvalue weighted by molar-refractivity contribution is 7.09. The van der Waals surface area contributed by atoms with E-state index in [-0.39, 0.29) is 5.56 Å². The average molecular weight is 291 g/mol. The van der Waals surface area contributed by atoms with Crippen molar-refractivity contribution in [3.05, 3.63) is 39.0 Å². The van der Waals surface area contributed by atoms with Crippen LogP contribution in [0.5, 0.6) is 0 Å². The Bertz CT molecular complexity index is 652. The summed E-state index contributed by atoms with van der Waals surface area (Å²) in [5.41, 5.74) is 4.58. The molecule has 6 heteroatoms. The van der Waals surface area contributed by atoms with Crippen LogP contribution in [0, 0.1) is 20.8 Å². The van der Waals surface area contributed by atoms with Crippen LogP contribution in [0.2, 0.25) is 0 Å². The molecule has 2 heterocycles. The van der Waals surface area contributed by atoms with E-state index in [4.69, 9.17) is 0 Å². The van der Waals surface area contributed by atoms with E-state index in [0.717, 1.165) is 21.8 Å². The molecule has 0 saturated carbocycles. The van der Waals surface area contributed by atoms with Gasteiger partial charge in [-0.2, -0.15) is 0 Å². The Hall–Kier alpha value is -1.95. The van der Waals surface area contributed by atoms with E-state index in [2.05, 4.69) is 9.97 Å². The largest absolute Gasteiger partial charge is 0.478 e. The van der Waals surface area contributed by atoms with Crippen LogP contribution in [-0.4, -0.2) is 28.1 Å². The number of aromatic nitrogens is 2. The van der Waals surface area contributed by atoms with Crippen LogP contribution in [0.25, 0.3) is 0 Å². The molecule has 20 heavy (non-hydrogen) atoms. The van der Waals surface area contributed by atoms with Crippen molar-refractivity contribution in [3.63, 3.8) is 0 Å². The van der Waals surface area contributed by atoms with Gasteiger partial charge < -0.3 is 10.0 Å². The molecule has 0 radical (unpaired) electrons. The summed E-state index contributed by atoms with van der Waals surface area (Å²) in [5, 5.41) is 9.39. The Kier molecular flexibility index (Phi) is 4.04. The molecular weight excluding hydrogens is 274 g/mol. The third-order valence-electron chi connectivity index (χ3n) is 3.13. The fourth-order valence-electron chi connectivity index (χ4n) is 2.13. The Morgan fingerprint density at radius 2 is 2.10 bits per heavy atom. The SMILES string of the molecule is Cc1cc(C)c(C(=O)O)c(N(C)Cc2scnc2C)n1. The normalized spacial score (nSPS) is 10.6. The molecule has 2 rings (SSSR count). The molecule has 0 aliphatic carbocycles. The van der Waals surface area contributed by atoms with E-state index in [0.29, 0.717) is 12.4 Å². The van der Waals surface area contributed by atoms with E-state index < -0.39 is 5.97 Å². The monoisotopic (exact) mass is 291 g/mol. The first kappa shape index (κ1) is 14.5. The van der Waals surface area contributed by atoms with Gasteiger partial charge in [-0.15, -0.1) is 11.3 Å². The second-order valence-electron chi connectivity index (χ2n) is 4.80. The molecule has 0 aliphatic rings. The number of rotatable bonds is 4. The second-order valence-corrected chi connectivity index (χ2v) is 5.74. The number of nitrogens with zero attached hydrogens (tertiary/aromatic N) is 3. The number of carboxylic acids is 1. The van der Waals surface area contributed by atoms with Gasteiger partial charge in [0.1, 0.15) is 11.4 Å². The Balaban J connectivity index is 2.41. The third-order valence-corrected chi connectivity index (χ3v) is 4.05. The molecule has 2 aromatic rings. The van der Waals surface area contributed by atoms with Gasteiger partial charge in [0.25, 0.3) is 0 Å². The molecule has 0 atom stereocenters. The van der Waals surface area contributed by atoms with Crippen LogP contribution in [0.15, 0.2) is 11.6 Å². The summed E-state index contributed by atoms with van der Waals surface area (Å²) in [4.78, 5) is 23.0. The van der Waals surface area contributed by atoms with Crippen molar-refractivity contribution in [1.82, 2.24) is 9.97 Å². The number of hydrogen-bond acceptors (Lipinski definition) is 5. The lowest BCUT2D eigenvalue weighted by Gasteiger charge is -2.21. The number of carbonyl (C=O) groups is 1. The predicted octanol–water partition coefficient (Wildman–Crippen LogP) is 2.80. The van der Waals surface area contributed by atoms with Crippen molar-refractivity contribution in [2.24, 2.45) is 0 Å². The minimum absolute atomic E-state index is 0.264. The Labute approximate surface area is 121 Å². The standard InChI is InChI=1S/C14H17N3O2S/c1-8-5-9(2)16-13(12(8)14(18)19)17(4)6-11-10(3)15-7-20-11/h5,7H,6H2,1-4H3,(H,18,19). The molecule has 1 N–H and O–H groups in total. The highest BCUT2D eigenvalue weighted by atomic mass is 32.1. The lowest BCUT2D eigenvalue weighted by Crippen LogP contribution is -2.22. The molecule has 0 bridgehead atoms. The van der Waals surface area contributed by atoms with E-state index in [1.165, 1.54) is 0 Å². The molecule has 0 aromatic carbocycles. The van der Waals surface area contributed by atoms with Gasteiger partial charge in [0.15, 0.2) is 0 Å². The van der Waals surface area contributed by atoms with Gasteiger partial charge in [-0.25, -0.2) is 14.8 Å². The summed E-state index contributed by atoms with van der Waals surface area (Å²) in [5.74, 6) is -0.444. The zero-order chi connectivity index (χ0) is 14.9. The van der Waals surface area contributed by atoms with Crippen molar-refractivity contribution in [2.75, 3.05) is 11.9 Å². The number of aromatic carboxylic acids is 1.